The molecule has 12 nitrogen and oxygen atoms in total. The number of ether oxygens (including phenoxy) is 2. The fraction of sp³-hybridized carbons (Fsp3) is 0. The number of benzene rings is 4. The molecule has 0 amide bonds. The topological polar surface area (TPSA) is 113 Å². The van der Waals surface area contributed by atoms with Crippen LogP contribution in [-0.4, -0.2) is 39.0 Å². The molecule has 0 spiro atoms. The first-order chi connectivity index (χ1) is 31.7. The van der Waals surface area contributed by atoms with E-state index in [4.69, 9.17) is 9.47 Å². The Bertz CT molecular complexity index is 3490. The van der Waals surface area contributed by atoms with Gasteiger partial charge in [0.25, 0.3) is 12.7 Å². The van der Waals surface area contributed by atoms with Crippen LogP contribution >= 0.6 is 0 Å². The Balaban J connectivity index is 0.00000256. The summed E-state index contributed by atoms with van der Waals surface area (Å²) in [4.78, 5) is 27.4. The van der Waals surface area contributed by atoms with Crippen molar-refractivity contribution in [3.05, 3.63) is 208 Å². The molecule has 0 aliphatic rings. The van der Waals surface area contributed by atoms with Gasteiger partial charge in [-0.2, -0.15) is 12.1 Å². The monoisotopic (exact) mass is 1210 g/mol. The number of aromatic nitrogens is 10. The predicted molar refractivity (Wildman–Crippen MR) is 236 cm³/mol. The Morgan fingerprint density at radius 3 is 1.35 bits per heavy atom. The zero-order valence-electron chi connectivity index (χ0n) is 34.1. The van der Waals surface area contributed by atoms with Crippen molar-refractivity contribution in [1.29, 1.82) is 0 Å². The largest absolute Gasteiger partial charge is 0.509 e. The molecule has 66 heavy (non-hydrogen) atoms. The van der Waals surface area contributed by atoms with Crippen molar-refractivity contribution in [1.82, 2.24) is 39.0 Å². The SMILES string of the molecule is [Pt].[Pt].[c-]1c(Oc2[c-]c(-c3[c-]c(Oc4[c-]c(-[n+]5[c-]n(-c6cccc7cccnc67)c6ccccc65)cnc4)ccn3)ncc2)cncc1-[n+]1[c-]n(-c2cccc3cccnc23)c2ccccc21. The standard InChI is InChI=1S/C52H28N10O2.2Pt/c1-3-15-47-45(13-1)59(33-61(47)49-17-5-9-35-11-7-21-57-51(35)49)37-25-41(31-53-29-37)63-39-19-23-55-43(27-39)44-28-40(20-24-56-44)64-42-26-38(30-54-32-42)60-34-62(48-16-4-2-14-46(48)60)50-18-6-10-36-12-8-22-58-52(36)50;;/h1-24,29-32H;;/q-4;;. The smallest absolute Gasteiger partial charge is 0.268 e. The number of rotatable bonds is 9. The zero-order valence-corrected chi connectivity index (χ0v) is 38.6. The van der Waals surface area contributed by atoms with Crippen LogP contribution in [0.15, 0.2) is 171 Å². The van der Waals surface area contributed by atoms with E-state index in [0.717, 1.165) is 55.2 Å². The fourth-order valence-corrected chi connectivity index (χ4v) is 7.77. The van der Waals surface area contributed by atoms with E-state index < -0.39 is 0 Å². The molecule has 8 aromatic heterocycles. The van der Waals surface area contributed by atoms with Gasteiger partial charge in [0.15, 0.2) is 0 Å². The summed E-state index contributed by atoms with van der Waals surface area (Å²) in [6.07, 6.45) is 20.5. The van der Waals surface area contributed by atoms with Crippen molar-refractivity contribution >= 4 is 43.9 Å². The minimum Gasteiger partial charge on any atom is -0.509 e. The maximum atomic E-state index is 6.27. The van der Waals surface area contributed by atoms with Gasteiger partial charge in [-0.05, 0) is 71.2 Å². The number of imidazole rings is 2. The van der Waals surface area contributed by atoms with Gasteiger partial charge in [0.2, 0.25) is 0 Å². The van der Waals surface area contributed by atoms with E-state index in [2.05, 4.69) is 66.8 Å². The summed E-state index contributed by atoms with van der Waals surface area (Å²) < 4.78 is 20.4. The molecule has 8 heterocycles. The van der Waals surface area contributed by atoms with Gasteiger partial charge < -0.3 is 38.5 Å². The van der Waals surface area contributed by atoms with Gasteiger partial charge >= 0.3 is 0 Å². The normalized spacial score (nSPS) is 11.1. The van der Waals surface area contributed by atoms with Crippen LogP contribution in [0.25, 0.3) is 78.0 Å². The van der Waals surface area contributed by atoms with Crippen LogP contribution in [0.3, 0.4) is 0 Å². The summed E-state index contributed by atoms with van der Waals surface area (Å²) in [5.74, 6) is 1.52. The van der Waals surface area contributed by atoms with Crippen molar-refractivity contribution in [3.8, 4) is 57.1 Å². The first-order valence-electron chi connectivity index (χ1n) is 20.2. The van der Waals surface area contributed by atoms with Crippen molar-refractivity contribution < 1.29 is 60.7 Å². The predicted octanol–water partition coefficient (Wildman–Crippen LogP) is 8.85. The number of hydrogen-bond donors (Lipinski definition) is 0. The number of hydrogen-bond acceptors (Lipinski definition) is 8. The van der Waals surface area contributed by atoms with Gasteiger partial charge in [-0.3, -0.25) is 19.1 Å². The van der Waals surface area contributed by atoms with Gasteiger partial charge in [0, 0.05) is 77.5 Å². The van der Waals surface area contributed by atoms with Crippen LogP contribution in [0.1, 0.15) is 0 Å². The van der Waals surface area contributed by atoms with Gasteiger partial charge in [-0.25, -0.2) is 0 Å². The van der Waals surface area contributed by atoms with Crippen molar-refractivity contribution in [3.63, 3.8) is 0 Å². The first kappa shape index (κ1) is 42.2. The van der Waals surface area contributed by atoms with Gasteiger partial charge in [0.1, 0.15) is 0 Å². The number of fused-ring (bicyclic) bond motifs is 4. The third kappa shape index (κ3) is 7.80. The minimum atomic E-state index is 0. The summed E-state index contributed by atoms with van der Waals surface area (Å²) in [7, 11) is 0. The fourth-order valence-electron chi connectivity index (χ4n) is 7.77. The van der Waals surface area contributed by atoms with E-state index in [1.165, 1.54) is 0 Å². The molecule has 14 heteroatoms. The molecule has 0 aliphatic carbocycles. The molecule has 0 atom stereocenters. The van der Waals surface area contributed by atoms with Crippen LogP contribution in [-0.2, 0) is 42.1 Å². The molecule has 0 N–H and O–H groups in total. The van der Waals surface area contributed by atoms with Crippen LogP contribution in [0.2, 0.25) is 0 Å². The van der Waals surface area contributed by atoms with E-state index in [1.807, 2.05) is 127 Å². The van der Waals surface area contributed by atoms with Gasteiger partial charge in [-0.15, -0.1) is 35.7 Å². The second-order valence-corrected chi connectivity index (χ2v) is 14.6. The number of nitrogens with zero attached hydrogens (tertiary/aromatic N) is 10. The third-order valence-corrected chi connectivity index (χ3v) is 10.6. The maximum absolute atomic E-state index is 6.27. The molecule has 12 aromatic rings. The Kier molecular flexibility index (Phi) is 11.5. The van der Waals surface area contributed by atoms with Gasteiger partial charge in [0.05, 0.1) is 44.5 Å². The molecule has 0 saturated heterocycles. The molecule has 12 rings (SSSR count). The quantitative estimate of drug-likeness (QED) is 0.104. The van der Waals surface area contributed by atoms with E-state index in [9.17, 15) is 0 Å². The van der Waals surface area contributed by atoms with Crippen LogP contribution < -0.4 is 18.6 Å². The summed E-state index contributed by atoms with van der Waals surface area (Å²) >= 11 is 0. The average Bonchev–Trinajstić information content (AvgIpc) is 3.94. The Morgan fingerprint density at radius 2 is 0.864 bits per heavy atom. The van der Waals surface area contributed by atoms with Crippen molar-refractivity contribution in [2.75, 3.05) is 0 Å². The molecule has 0 saturated carbocycles. The van der Waals surface area contributed by atoms with E-state index in [1.54, 1.807) is 61.7 Å². The number of pyridine rings is 6. The summed E-state index contributed by atoms with van der Waals surface area (Å²) in [5, 5.41) is 2.07. The molecular formula is C52H28N10O2Pt2-4. The molecule has 322 valence electrons. The van der Waals surface area contributed by atoms with E-state index >= 15 is 0 Å². The second kappa shape index (κ2) is 18.0. The average molecular weight is 1220 g/mol. The molecular weight excluding hydrogens is 1190 g/mol. The summed E-state index contributed by atoms with van der Waals surface area (Å²) in [6, 6.07) is 52.9. The summed E-state index contributed by atoms with van der Waals surface area (Å²) in [5.41, 5.74) is 9.33. The van der Waals surface area contributed by atoms with Crippen LogP contribution in [0.4, 0.5) is 0 Å². The van der Waals surface area contributed by atoms with Crippen LogP contribution in [0, 0.1) is 36.9 Å². The zero-order chi connectivity index (χ0) is 42.4. The Hall–Kier alpha value is -7.78. The summed E-state index contributed by atoms with van der Waals surface area (Å²) in [6.45, 7) is 0. The Labute approximate surface area is 406 Å². The molecule has 0 fully saturated rings. The molecule has 0 bridgehead atoms. The maximum Gasteiger partial charge on any atom is 0.268 e. The molecule has 4 aromatic carbocycles. The van der Waals surface area contributed by atoms with E-state index in [-0.39, 0.29) is 42.1 Å². The second-order valence-electron chi connectivity index (χ2n) is 14.6. The molecule has 0 aliphatic heterocycles. The Morgan fingerprint density at radius 1 is 0.409 bits per heavy atom. The van der Waals surface area contributed by atoms with Crippen molar-refractivity contribution in [2.24, 2.45) is 0 Å². The third-order valence-electron chi connectivity index (χ3n) is 10.6. The van der Waals surface area contributed by atoms with Crippen molar-refractivity contribution in [2.45, 2.75) is 0 Å². The van der Waals surface area contributed by atoms with E-state index in [0.29, 0.717) is 45.8 Å². The van der Waals surface area contributed by atoms with Gasteiger partial charge in [-0.1, -0.05) is 97.3 Å². The van der Waals surface area contributed by atoms with Crippen LogP contribution in [0.5, 0.6) is 23.0 Å². The molecule has 0 radical (unpaired) electrons. The number of para-hydroxylation sites is 6. The minimum absolute atomic E-state index is 0. The first-order valence-corrected chi connectivity index (χ1v) is 20.2. The molecule has 0 unspecified atom stereocenters.